The largest absolute Gasteiger partial charge is 0.350 e. The maximum atomic E-state index is 12.4. The summed E-state index contributed by atoms with van der Waals surface area (Å²) in [6, 6.07) is 7.83. The molecule has 0 bridgehead atoms. The molecule has 2 atom stereocenters. The van der Waals surface area contributed by atoms with E-state index in [1.165, 1.54) is 25.7 Å². The number of hydrogen-bond donors (Lipinski definition) is 1. The van der Waals surface area contributed by atoms with E-state index in [0.717, 1.165) is 17.4 Å². The second-order valence-electron chi connectivity index (χ2n) is 5.76. The van der Waals surface area contributed by atoms with Crippen molar-refractivity contribution >= 4 is 32.7 Å². The van der Waals surface area contributed by atoms with Gasteiger partial charge < -0.3 is 5.32 Å². The maximum absolute atomic E-state index is 12.4. The monoisotopic (exact) mass is 349 g/mol. The zero-order valence-electron chi connectivity index (χ0n) is 12.2. The third-order valence-electron chi connectivity index (χ3n) is 4.31. The van der Waals surface area contributed by atoms with Crippen LogP contribution in [0.1, 0.15) is 36.2 Å². The van der Waals surface area contributed by atoms with Gasteiger partial charge in [0, 0.05) is 23.8 Å². The van der Waals surface area contributed by atoms with E-state index >= 15 is 0 Å². The van der Waals surface area contributed by atoms with E-state index in [1.54, 1.807) is 4.68 Å². The van der Waals surface area contributed by atoms with E-state index in [0.29, 0.717) is 16.4 Å². The highest BCUT2D eigenvalue weighted by molar-refractivity contribution is 9.09. The molecule has 1 aliphatic rings. The van der Waals surface area contributed by atoms with Crippen LogP contribution in [0.4, 0.5) is 0 Å². The first kappa shape index (κ1) is 14.6. The first-order valence-electron chi connectivity index (χ1n) is 7.51. The van der Waals surface area contributed by atoms with Crippen molar-refractivity contribution in [2.24, 2.45) is 13.0 Å². The lowest BCUT2D eigenvalue weighted by atomic mass is 9.89. The van der Waals surface area contributed by atoms with E-state index in [2.05, 4.69) is 26.3 Å². The zero-order valence-corrected chi connectivity index (χ0v) is 13.8. The van der Waals surface area contributed by atoms with Crippen LogP contribution < -0.4 is 5.32 Å². The van der Waals surface area contributed by atoms with Crippen molar-refractivity contribution in [3.63, 3.8) is 0 Å². The summed E-state index contributed by atoms with van der Waals surface area (Å²) in [6.07, 6.45) is 4.92. The number of carbonyl (C=O) groups is 1. The van der Waals surface area contributed by atoms with Crippen molar-refractivity contribution in [1.29, 1.82) is 0 Å². The molecule has 0 spiro atoms. The Hall–Kier alpha value is -1.36. The van der Waals surface area contributed by atoms with Gasteiger partial charge in [-0.2, -0.15) is 5.10 Å². The van der Waals surface area contributed by atoms with Gasteiger partial charge in [-0.1, -0.05) is 47.0 Å². The molecular formula is C16H20BrN3O. The molecule has 3 rings (SSSR count). The summed E-state index contributed by atoms with van der Waals surface area (Å²) in [7, 11) is 1.87. The average molecular weight is 350 g/mol. The van der Waals surface area contributed by atoms with Gasteiger partial charge in [-0.25, -0.2) is 0 Å². The molecule has 2 aromatic rings. The topological polar surface area (TPSA) is 46.9 Å². The van der Waals surface area contributed by atoms with Crippen molar-refractivity contribution in [3.8, 4) is 0 Å². The molecule has 1 aromatic carbocycles. The molecule has 1 aromatic heterocycles. The second kappa shape index (κ2) is 6.18. The van der Waals surface area contributed by atoms with Crippen molar-refractivity contribution in [3.05, 3.63) is 30.0 Å². The van der Waals surface area contributed by atoms with Crippen LogP contribution in [0.3, 0.4) is 0 Å². The summed E-state index contributed by atoms with van der Waals surface area (Å²) < 4.78 is 1.76. The van der Waals surface area contributed by atoms with Gasteiger partial charge >= 0.3 is 0 Å². The Bertz CT molecular complexity index is 652. The van der Waals surface area contributed by atoms with Crippen LogP contribution in [0.15, 0.2) is 24.3 Å². The van der Waals surface area contributed by atoms with Crippen LogP contribution in [0.2, 0.25) is 0 Å². The summed E-state index contributed by atoms with van der Waals surface area (Å²) in [5, 5.41) is 8.34. The molecule has 5 heteroatoms. The van der Waals surface area contributed by atoms with Gasteiger partial charge in [0.15, 0.2) is 5.69 Å². The lowest BCUT2D eigenvalue weighted by Gasteiger charge is -2.27. The average Bonchev–Trinajstić information content (AvgIpc) is 2.84. The lowest BCUT2D eigenvalue weighted by Crippen LogP contribution is -2.34. The quantitative estimate of drug-likeness (QED) is 0.864. The fourth-order valence-electron chi connectivity index (χ4n) is 3.08. The molecule has 112 valence electrons. The fraction of sp³-hybridized carbons (Fsp3) is 0.500. The molecule has 21 heavy (non-hydrogen) atoms. The third-order valence-corrected chi connectivity index (χ3v) is 5.52. The van der Waals surface area contributed by atoms with Crippen LogP contribution in [0.5, 0.6) is 0 Å². The Labute approximate surface area is 133 Å². The standard InChI is InChI=1S/C16H20BrN3O/c1-20-14-9-5-3-7-12(14)15(19-20)16(21)18-10-11-6-2-4-8-13(11)17/h3,5,7,9,11,13H,2,4,6,8,10H2,1H3,(H,18,21). The van der Waals surface area contributed by atoms with Gasteiger partial charge in [0.2, 0.25) is 0 Å². The number of rotatable bonds is 3. The molecule has 1 fully saturated rings. The molecule has 0 radical (unpaired) electrons. The van der Waals surface area contributed by atoms with Crippen LogP contribution in [-0.2, 0) is 7.05 Å². The predicted octanol–water partition coefficient (Wildman–Crippen LogP) is 3.26. The highest BCUT2D eigenvalue weighted by Crippen LogP contribution is 2.29. The van der Waals surface area contributed by atoms with Gasteiger partial charge in [-0.15, -0.1) is 0 Å². The van der Waals surface area contributed by atoms with E-state index in [-0.39, 0.29) is 5.91 Å². The van der Waals surface area contributed by atoms with E-state index in [9.17, 15) is 4.79 Å². The molecule has 1 aliphatic carbocycles. The number of hydrogen-bond acceptors (Lipinski definition) is 2. The van der Waals surface area contributed by atoms with E-state index in [4.69, 9.17) is 0 Å². The SMILES string of the molecule is Cn1nc(C(=O)NCC2CCCCC2Br)c2ccccc21. The Kier molecular flexibility index (Phi) is 4.29. The van der Waals surface area contributed by atoms with Crippen molar-refractivity contribution < 1.29 is 4.79 Å². The molecule has 4 nitrogen and oxygen atoms in total. The van der Waals surface area contributed by atoms with Crippen LogP contribution in [0, 0.1) is 5.92 Å². The minimum Gasteiger partial charge on any atom is -0.350 e. The Morgan fingerprint density at radius 3 is 2.95 bits per heavy atom. The number of benzene rings is 1. The Morgan fingerprint density at radius 2 is 2.14 bits per heavy atom. The van der Waals surface area contributed by atoms with Gasteiger partial charge in [0.05, 0.1) is 5.52 Å². The fourth-order valence-corrected chi connectivity index (χ4v) is 3.86. The molecule has 1 saturated carbocycles. The Balaban J connectivity index is 1.72. The smallest absolute Gasteiger partial charge is 0.272 e. The lowest BCUT2D eigenvalue weighted by molar-refractivity contribution is 0.0940. The predicted molar refractivity (Wildman–Crippen MR) is 87.7 cm³/mol. The molecule has 2 unspecified atom stereocenters. The van der Waals surface area contributed by atoms with Crippen LogP contribution in [0.25, 0.3) is 10.9 Å². The van der Waals surface area contributed by atoms with Gasteiger partial charge in [0.25, 0.3) is 5.91 Å². The summed E-state index contributed by atoms with van der Waals surface area (Å²) in [6.45, 7) is 0.722. The van der Waals surface area contributed by atoms with Gasteiger partial charge in [0.1, 0.15) is 0 Å². The highest BCUT2D eigenvalue weighted by Gasteiger charge is 2.24. The summed E-state index contributed by atoms with van der Waals surface area (Å²) in [5.74, 6) is 0.453. The van der Waals surface area contributed by atoms with Gasteiger partial charge in [-0.05, 0) is 24.8 Å². The molecule has 1 N–H and O–H groups in total. The van der Waals surface area contributed by atoms with Crippen LogP contribution >= 0.6 is 15.9 Å². The number of para-hydroxylation sites is 1. The molecule has 0 saturated heterocycles. The maximum Gasteiger partial charge on any atom is 0.272 e. The minimum atomic E-state index is -0.0722. The van der Waals surface area contributed by atoms with Crippen molar-refractivity contribution in [2.75, 3.05) is 6.54 Å². The normalized spacial score (nSPS) is 22.4. The van der Waals surface area contributed by atoms with E-state index in [1.807, 2.05) is 31.3 Å². The number of aryl methyl sites for hydroxylation is 1. The molecule has 0 aliphatic heterocycles. The van der Waals surface area contributed by atoms with Crippen LogP contribution in [-0.4, -0.2) is 27.1 Å². The molecular weight excluding hydrogens is 330 g/mol. The zero-order chi connectivity index (χ0) is 14.8. The number of halogens is 1. The molecule has 1 amide bonds. The number of carbonyl (C=O) groups excluding carboxylic acids is 1. The first-order valence-corrected chi connectivity index (χ1v) is 8.42. The highest BCUT2D eigenvalue weighted by atomic mass is 79.9. The summed E-state index contributed by atoms with van der Waals surface area (Å²) in [4.78, 5) is 12.9. The third kappa shape index (κ3) is 2.98. The second-order valence-corrected chi connectivity index (χ2v) is 6.94. The van der Waals surface area contributed by atoms with Gasteiger partial charge in [-0.3, -0.25) is 9.48 Å². The summed E-state index contributed by atoms with van der Waals surface area (Å²) in [5.41, 5.74) is 1.51. The molecule has 1 heterocycles. The van der Waals surface area contributed by atoms with Crippen molar-refractivity contribution in [1.82, 2.24) is 15.1 Å². The first-order chi connectivity index (χ1) is 10.2. The number of nitrogens with zero attached hydrogens (tertiary/aromatic N) is 2. The number of fused-ring (bicyclic) bond motifs is 1. The number of alkyl halides is 1. The number of amides is 1. The number of aromatic nitrogens is 2. The van der Waals surface area contributed by atoms with Crippen molar-refractivity contribution in [2.45, 2.75) is 30.5 Å². The number of nitrogens with one attached hydrogen (secondary N) is 1. The van der Waals surface area contributed by atoms with E-state index < -0.39 is 0 Å². The summed E-state index contributed by atoms with van der Waals surface area (Å²) >= 11 is 3.73. The minimum absolute atomic E-state index is 0.0722. The Morgan fingerprint density at radius 1 is 1.38 bits per heavy atom.